The monoisotopic (exact) mass is 344 g/mol. The molecule has 2 aromatic rings. The van der Waals surface area contributed by atoms with Crippen molar-refractivity contribution in [2.45, 2.75) is 39.0 Å². The van der Waals surface area contributed by atoms with Crippen molar-refractivity contribution in [1.29, 1.82) is 0 Å². The lowest BCUT2D eigenvalue weighted by Gasteiger charge is -2.19. The number of amides is 1. The molecule has 0 radical (unpaired) electrons. The van der Waals surface area contributed by atoms with Gasteiger partial charge in [-0.2, -0.15) is 0 Å². The van der Waals surface area contributed by atoms with Gasteiger partial charge in [0.15, 0.2) is 5.13 Å². The zero-order valence-electron chi connectivity index (χ0n) is 14.5. The molecular weight excluding hydrogens is 320 g/mol. The van der Waals surface area contributed by atoms with E-state index < -0.39 is 0 Å². The third-order valence-electron chi connectivity index (χ3n) is 4.42. The van der Waals surface area contributed by atoms with Gasteiger partial charge < -0.3 is 4.90 Å². The fraction of sp³-hybridized carbons (Fsp3) is 0.500. The quantitative estimate of drug-likeness (QED) is 0.897. The lowest BCUT2D eigenvalue weighted by atomic mass is 9.88. The first-order valence-electron chi connectivity index (χ1n) is 8.50. The molecule has 0 spiro atoms. The predicted molar refractivity (Wildman–Crippen MR) is 99.1 cm³/mol. The van der Waals surface area contributed by atoms with Gasteiger partial charge in [-0.3, -0.25) is 10.1 Å². The van der Waals surface area contributed by atoms with Crippen LogP contribution in [0.15, 0.2) is 18.3 Å². The molecule has 1 aliphatic carbocycles. The first kappa shape index (κ1) is 16.9. The molecule has 6 heteroatoms. The lowest BCUT2D eigenvalue weighted by molar-refractivity contribution is 0.102. The molecule has 0 aliphatic heterocycles. The second-order valence-corrected chi connectivity index (χ2v) is 7.62. The molecule has 0 aromatic carbocycles. The maximum Gasteiger partial charge on any atom is 0.257 e. The lowest BCUT2D eigenvalue weighted by Crippen LogP contribution is -2.15. The van der Waals surface area contributed by atoms with Gasteiger partial charge in [-0.1, -0.05) is 19.8 Å². The average Bonchev–Trinajstić information content (AvgIpc) is 2.96. The number of nitrogens with one attached hydrogen (secondary N) is 1. The number of aromatic nitrogens is 2. The largest absolute Gasteiger partial charge is 0.363 e. The number of rotatable bonds is 5. The summed E-state index contributed by atoms with van der Waals surface area (Å²) in [4.78, 5) is 24.6. The van der Waals surface area contributed by atoms with Gasteiger partial charge in [0.1, 0.15) is 5.82 Å². The van der Waals surface area contributed by atoms with Gasteiger partial charge in [0.2, 0.25) is 0 Å². The van der Waals surface area contributed by atoms with E-state index in [-0.39, 0.29) is 5.91 Å². The van der Waals surface area contributed by atoms with E-state index in [1.807, 2.05) is 19.0 Å². The SMILES string of the molecule is CCCC1CCc2nc(NC(=O)c3ccnc(N(C)C)c3)sc2C1. The summed E-state index contributed by atoms with van der Waals surface area (Å²) >= 11 is 1.63. The normalized spacial score (nSPS) is 16.5. The van der Waals surface area contributed by atoms with Crippen molar-refractivity contribution in [3.8, 4) is 0 Å². The molecule has 128 valence electrons. The summed E-state index contributed by atoms with van der Waals surface area (Å²) in [5.41, 5.74) is 1.78. The Hall–Kier alpha value is -1.95. The van der Waals surface area contributed by atoms with Crippen LogP contribution < -0.4 is 10.2 Å². The van der Waals surface area contributed by atoms with Crippen molar-refractivity contribution in [1.82, 2.24) is 9.97 Å². The molecule has 0 fully saturated rings. The van der Waals surface area contributed by atoms with Gasteiger partial charge in [-0.25, -0.2) is 9.97 Å². The molecule has 1 unspecified atom stereocenters. The summed E-state index contributed by atoms with van der Waals surface area (Å²) in [5.74, 6) is 1.41. The summed E-state index contributed by atoms with van der Waals surface area (Å²) in [6, 6.07) is 3.52. The van der Waals surface area contributed by atoms with Crippen LogP contribution in [0.2, 0.25) is 0 Å². The van der Waals surface area contributed by atoms with Gasteiger partial charge in [0.25, 0.3) is 5.91 Å². The summed E-state index contributed by atoms with van der Waals surface area (Å²) < 4.78 is 0. The maximum atomic E-state index is 12.5. The molecule has 24 heavy (non-hydrogen) atoms. The van der Waals surface area contributed by atoms with Gasteiger partial charge >= 0.3 is 0 Å². The smallest absolute Gasteiger partial charge is 0.257 e. The Morgan fingerprint density at radius 2 is 2.29 bits per heavy atom. The van der Waals surface area contributed by atoms with Gasteiger partial charge in [-0.05, 0) is 37.3 Å². The highest BCUT2D eigenvalue weighted by molar-refractivity contribution is 7.15. The average molecular weight is 344 g/mol. The number of thiazole rings is 1. The summed E-state index contributed by atoms with van der Waals surface area (Å²) in [5, 5.41) is 3.66. The van der Waals surface area contributed by atoms with Crippen LogP contribution in [0.3, 0.4) is 0 Å². The number of fused-ring (bicyclic) bond motifs is 1. The molecule has 1 N–H and O–H groups in total. The van der Waals surface area contributed by atoms with Crippen LogP contribution in [0.25, 0.3) is 0 Å². The van der Waals surface area contributed by atoms with E-state index in [9.17, 15) is 4.79 Å². The highest BCUT2D eigenvalue weighted by atomic mass is 32.1. The molecule has 1 atom stereocenters. The van der Waals surface area contributed by atoms with Crippen LogP contribution in [0.5, 0.6) is 0 Å². The highest BCUT2D eigenvalue weighted by Crippen LogP contribution is 2.34. The molecule has 0 bridgehead atoms. The van der Waals surface area contributed by atoms with Crippen molar-refractivity contribution < 1.29 is 4.79 Å². The van der Waals surface area contributed by atoms with Gasteiger partial charge in [-0.15, -0.1) is 11.3 Å². The second-order valence-electron chi connectivity index (χ2n) is 6.54. The number of hydrogen-bond donors (Lipinski definition) is 1. The van der Waals surface area contributed by atoms with Crippen LogP contribution in [-0.4, -0.2) is 30.0 Å². The Labute approximate surface area is 147 Å². The summed E-state index contributed by atoms with van der Waals surface area (Å²) in [6.07, 6.45) is 7.53. The number of anilines is 2. The van der Waals surface area contributed by atoms with Gasteiger partial charge in [0.05, 0.1) is 5.69 Å². The Morgan fingerprint density at radius 1 is 1.46 bits per heavy atom. The minimum atomic E-state index is -0.128. The Balaban J connectivity index is 1.71. The van der Waals surface area contributed by atoms with E-state index >= 15 is 0 Å². The molecule has 0 saturated carbocycles. The minimum Gasteiger partial charge on any atom is -0.363 e. The Kier molecular flexibility index (Phi) is 5.14. The zero-order chi connectivity index (χ0) is 17.1. The van der Waals surface area contributed by atoms with Crippen molar-refractivity contribution in [2.75, 3.05) is 24.3 Å². The van der Waals surface area contributed by atoms with E-state index in [2.05, 4.69) is 22.2 Å². The number of carbonyl (C=O) groups excluding carboxylic acids is 1. The zero-order valence-corrected chi connectivity index (χ0v) is 15.3. The summed E-state index contributed by atoms with van der Waals surface area (Å²) in [6.45, 7) is 2.24. The Morgan fingerprint density at radius 3 is 3.04 bits per heavy atom. The fourth-order valence-corrected chi connectivity index (χ4v) is 4.24. The molecule has 2 aromatic heterocycles. The Bertz CT molecular complexity index is 726. The third-order valence-corrected chi connectivity index (χ3v) is 5.46. The number of nitrogens with zero attached hydrogens (tertiary/aromatic N) is 3. The molecule has 5 nitrogen and oxygen atoms in total. The van der Waals surface area contributed by atoms with Crippen molar-refractivity contribution in [2.24, 2.45) is 5.92 Å². The molecule has 3 rings (SSSR count). The molecule has 1 amide bonds. The highest BCUT2D eigenvalue weighted by Gasteiger charge is 2.22. The first-order valence-corrected chi connectivity index (χ1v) is 9.31. The third kappa shape index (κ3) is 3.75. The topological polar surface area (TPSA) is 58.1 Å². The first-order chi connectivity index (χ1) is 11.6. The van der Waals surface area contributed by atoms with Crippen molar-refractivity contribution >= 4 is 28.2 Å². The summed E-state index contributed by atoms with van der Waals surface area (Å²) in [7, 11) is 3.82. The fourth-order valence-electron chi connectivity index (χ4n) is 3.12. The van der Waals surface area contributed by atoms with Crippen LogP contribution in [0.4, 0.5) is 10.9 Å². The van der Waals surface area contributed by atoms with Crippen molar-refractivity contribution in [3.05, 3.63) is 34.5 Å². The van der Waals surface area contributed by atoms with Crippen molar-refractivity contribution in [3.63, 3.8) is 0 Å². The molecular formula is C18H24N4OS. The van der Waals surface area contributed by atoms with E-state index in [1.165, 1.54) is 29.8 Å². The second kappa shape index (κ2) is 7.30. The van der Waals surface area contributed by atoms with E-state index in [0.29, 0.717) is 10.7 Å². The number of aryl methyl sites for hydroxylation is 1. The minimum absolute atomic E-state index is 0.128. The number of hydrogen-bond acceptors (Lipinski definition) is 5. The number of carbonyl (C=O) groups is 1. The predicted octanol–water partition coefficient (Wildman–Crippen LogP) is 3.76. The maximum absolute atomic E-state index is 12.5. The molecule has 0 saturated heterocycles. The van der Waals surface area contributed by atoms with E-state index in [4.69, 9.17) is 0 Å². The molecule has 2 heterocycles. The number of pyridine rings is 1. The van der Waals surface area contributed by atoms with Crippen LogP contribution in [0, 0.1) is 5.92 Å². The van der Waals surface area contributed by atoms with Gasteiger partial charge in [0, 0.05) is 30.7 Å². The van der Waals surface area contributed by atoms with E-state index in [0.717, 1.165) is 24.6 Å². The van der Waals surface area contributed by atoms with Crippen LogP contribution in [0.1, 0.15) is 47.1 Å². The molecule has 1 aliphatic rings. The van der Waals surface area contributed by atoms with E-state index in [1.54, 1.807) is 29.7 Å². The van der Waals surface area contributed by atoms with Crippen LogP contribution >= 0.6 is 11.3 Å². The van der Waals surface area contributed by atoms with Crippen LogP contribution in [-0.2, 0) is 12.8 Å². The standard InChI is InChI=1S/C18H24N4OS/c1-4-5-12-6-7-14-15(10-12)24-18(20-14)21-17(23)13-8-9-19-16(11-13)22(2)3/h8-9,11-12H,4-7,10H2,1-3H3,(H,20,21,23).